The molecular weight excluding hydrogens is 342 g/mol. The van der Waals surface area contributed by atoms with Crippen LogP contribution in [0, 0.1) is 5.92 Å². The number of benzene rings is 1. The fraction of sp³-hybridized carbons (Fsp3) is 0.619. The van der Waals surface area contributed by atoms with E-state index in [1.807, 2.05) is 37.3 Å². The molecule has 1 aromatic carbocycles. The van der Waals surface area contributed by atoms with E-state index in [1.165, 1.54) is 0 Å². The van der Waals surface area contributed by atoms with E-state index < -0.39 is 0 Å². The Labute approximate surface area is 162 Å². The third-order valence-electron chi connectivity index (χ3n) is 4.50. The predicted octanol–water partition coefficient (Wildman–Crippen LogP) is 3.09. The maximum atomic E-state index is 12.1. The first-order chi connectivity index (χ1) is 13.2. The van der Waals surface area contributed by atoms with Crippen molar-refractivity contribution in [2.75, 3.05) is 39.4 Å². The van der Waals surface area contributed by atoms with E-state index in [0.717, 1.165) is 57.0 Å². The van der Waals surface area contributed by atoms with Crippen LogP contribution in [0.2, 0.25) is 0 Å². The van der Waals surface area contributed by atoms with Crippen LogP contribution in [0.5, 0.6) is 5.75 Å². The molecule has 27 heavy (non-hydrogen) atoms. The van der Waals surface area contributed by atoms with Crippen LogP contribution in [0.1, 0.15) is 39.5 Å². The van der Waals surface area contributed by atoms with Gasteiger partial charge >= 0.3 is 5.97 Å². The number of unbranched alkanes of at least 4 members (excludes halogenated alkanes) is 1. The van der Waals surface area contributed by atoms with Gasteiger partial charge in [0.05, 0.1) is 19.1 Å². The van der Waals surface area contributed by atoms with E-state index in [-0.39, 0.29) is 11.9 Å². The summed E-state index contributed by atoms with van der Waals surface area (Å²) in [6.45, 7) is 8.24. The number of guanidine groups is 1. The number of rotatable bonds is 9. The summed E-state index contributed by atoms with van der Waals surface area (Å²) in [5.41, 5.74) is 0. The summed E-state index contributed by atoms with van der Waals surface area (Å²) in [6.07, 6.45) is 3.81. The van der Waals surface area contributed by atoms with Crippen molar-refractivity contribution in [1.29, 1.82) is 0 Å². The molecule has 0 amide bonds. The number of nitrogens with one attached hydrogen (secondary N) is 1. The standard InChI is InChI=1S/C21H33N3O3/c1-3-22-21(24-15-10-11-18(17-24)20(25)26-4-2)23-14-8-9-16-27-19-12-6-5-7-13-19/h5-7,12-13,18H,3-4,8-11,14-17H2,1-2H3,(H,22,23). The predicted molar refractivity (Wildman–Crippen MR) is 108 cm³/mol. The molecule has 1 aromatic rings. The number of para-hydroxylation sites is 1. The van der Waals surface area contributed by atoms with Gasteiger partial charge in [-0.1, -0.05) is 18.2 Å². The molecule has 6 heteroatoms. The van der Waals surface area contributed by atoms with Gasteiger partial charge in [0, 0.05) is 26.2 Å². The number of ether oxygens (including phenoxy) is 2. The van der Waals surface area contributed by atoms with Crippen LogP contribution in [0.15, 0.2) is 35.3 Å². The lowest BCUT2D eigenvalue weighted by atomic mass is 9.98. The molecule has 1 atom stereocenters. The Bertz CT molecular complexity index is 577. The van der Waals surface area contributed by atoms with Crippen LogP contribution < -0.4 is 10.1 Å². The first-order valence-electron chi connectivity index (χ1n) is 10.1. The van der Waals surface area contributed by atoms with Gasteiger partial charge in [0.15, 0.2) is 5.96 Å². The molecule has 2 rings (SSSR count). The summed E-state index contributed by atoms with van der Waals surface area (Å²) in [5, 5.41) is 3.35. The number of nitrogens with zero attached hydrogens (tertiary/aromatic N) is 2. The lowest BCUT2D eigenvalue weighted by Gasteiger charge is -2.34. The molecule has 0 saturated carbocycles. The second-order valence-electron chi connectivity index (χ2n) is 6.64. The zero-order valence-electron chi connectivity index (χ0n) is 16.7. The van der Waals surface area contributed by atoms with Gasteiger partial charge in [0.1, 0.15) is 5.75 Å². The van der Waals surface area contributed by atoms with Crippen LogP contribution in [0.4, 0.5) is 0 Å². The molecular formula is C21H33N3O3. The monoisotopic (exact) mass is 375 g/mol. The second kappa shape index (κ2) is 12.2. The Morgan fingerprint density at radius 1 is 1.26 bits per heavy atom. The number of piperidine rings is 1. The van der Waals surface area contributed by atoms with Crippen LogP contribution >= 0.6 is 0 Å². The van der Waals surface area contributed by atoms with Gasteiger partial charge in [-0.15, -0.1) is 0 Å². The number of hydrogen-bond acceptors (Lipinski definition) is 4. The fourth-order valence-corrected chi connectivity index (χ4v) is 3.15. The van der Waals surface area contributed by atoms with Gasteiger partial charge < -0.3 is 19.7 Å². The Morgan fingerprint density at radius 2 is 2.07 bits per heavy atom. The first kappa shape index (κ1) is 21.1. The number of hydrogen-bond donors (Lipinski definition) is 1. The molecule has 6 nitrogen and oxygen atoms in total. The van der Waals surface area contributed by atoms with E-state index in [1.54, 1.807) is 0 Å². The molecule has 150 valence electrons. The van der Waals surface area contributed by atoms with Crippen molar-refractivity contribution >= 4 is 11.9 Å². The van der Waals surface area contributed by atoms with Crippen LogP contribution in [0.25, 0.3) is 0 Å². The fourth-order valence-electron chi connectivity index (χ4n) is 3.15. The minimum Gasteiger partial charge on any atom is -0.494 e. The highest BCUT2D eigenvalue weighted by molar-refractivity contribution is 5.81. The minimum absolute atomic E-state index is 0.0539. The molecule has 0 bridgehead atoms. The lowest BCUT2D eigenvalue weighted by molar-refractivity contribution is -0.149. The Balaban J connectivity index is 1.76. The average Bonchev–Trinajstić information content (AvgIpc) is 2.71. The zero-order chi connectivity index (χ0) is 19.3. The van der Waals surface area contributed by atoms with Crippen LogP contribution in [-0.2, 0) is 9.53 Å². The summed E-state index contributed by atoms with van der Waals surface area (Å²) >= 11 is 0. The molecule has 1 fully saturated rings. The van der Waals surface area contributed by atoms with Crippen molar-refractivity contribution in [2.24, 2.45) is 10.9 Å². The van der Waals surface area contributed by atoms with Crippen molar-refractivity contribution in [3.05, 3.63) is 30.3 Å². The lowest BCUT2D eigenvalue weighted by Crippen LogP contribution is -2.48. The number of carbonyl (C=O) groups excluding carboxylic acids is 1. The van der Waals surface area contributed by atoms with Crippen molar-refractivity contribution in [1.82, 2.24) is 10.2 Å². The SMILES string of the molecule is CCNC(=NCCCCOc1ccccc1)N1CCCC(C(=O)OCC)C1. The van der Waals surface area contributed by atoms with Gasteiger partial charge in [0.2, 0.25) is 0 Å². The molecule has 1 unspecified atom stereocenters. The number of aliphatic imine (C=N–C) groups is 1. The van der Waals surface area contributed by atoms with Crippen LogP contribution in [0.3, 0.4) is 0 Å². The van der Waals surface area contributed by atoms with E-state index in [0.29, 0.717) is 19.8 Å². The van der Waals surface area contributed by atoms with Crippen molar-refractivity contribution in [3.8, 4) is 5.75 Å². The molecule has 0 spiro atoms. The van der Waals surface area contributed by atoms with Gasteiger partial charge in [-0.2, -0.15) is 0 Å². The highest BCUT2D eigenvalue weighted by Gasteiger charge is 2.28. The molecule has 0 aliphatic carbocycles. The third-order valence-corrected chi connectivity index (χ3v) is 4.50. The molecule has 1 aliphatic heterocycles. The average molecular weight is 376 g/mol. The summed E-state index contributed by atoms with van der Waals surface area (Å²) in [7, 11) is 0. The Hall–Kier alpha value is -2.24. The molecule has 0 radical (unpaired) electrons. The molecule has 1 saturated heterocycles. The maximum Gasteiger partial charge on any atom is 0.310 e. The highest BCUT2D eigenvalue weighted by Crippen LogP contribution is 2.18. The molecule has 1 aliphatic rings. The van der Waals surface area contributed by atoms with Gasteiger partial charge in [-0.3, -0.25) is 9.79 Å². The topological polar surface area (TPSA) is 63.2 Å². The van der Waals surface area contributed by atoms with Crippen molar-refractivity contribution in [3.63, 3.8) is 0 Å². The molecule has 1 heterocycles. The van der Waals surface area contributed by atoms with E-state index >= 15 is 0 Å². The number of carbonyl (C=O) groups is 1. The highest BCUT2D eigenvalue weighted by atomic mass is 16.5. The van der Waals surface area contributed by atoms with Gasteiger partial charge in [0.25, 0.3) is 0 Å². The number of esters is 1. The maximum absolute atomic E-state index is 12.1. The van der Waals surface area contributed by atoms with Crippen LogP contribution in [-0.4, -0.2) is 56.2 Å². The Morgan fingerprint density at radius 3 is 2.81 bits per heavy atom. The normalized spacial score (nSPS) is 17.5. The van der Waals surface area contributed by atoms with E-state index in [9.17, 15) is 4.79 Å². The Kier molecular flexibility index (Phi) is 9.52. The summed E-state index contributed by atoms with van der Waals surface area (Å²) < 4.78 is 10.9. The smallest absolute Gasteiger partial charge is 0.310 e. The first-order valence-corrected chi connectivity index (χ1v) is 10.1. The quantitative estimate of drug-likeness (QED) is 0.311. The minimum atomic E-state index is -0.0869. The largest absolute Gasteiger partial charge is 0.494 e. The molecule has 0 aromatic heterocycles. The summed E-state index contributed by atoms with van der Waals surface area (Å²) in [4.78, 5) is 19.0. The van der Waals surface area contributed by atoms with Crippen molar-refractivity contribution in [2.45, 2.75) is 39.5 Å². The van der Waals surface area contributed by atoms with Gasteiger partial charge in [-0.25, -0.2) is 0 Å². The summed E-state index contributed by atoms with van der Waals surface area (Å²) in [6, 6.07) is 9.88. The van der Waals surface area contributed by atoms with Crippen molar-refractivity contribution < 1.29 is 14.3 Å². The summed E-state index contributed by atoms with van der Waals surface area (Å²) in [5.74, 6) is 1.67. The molecule has 1 N–H and O–H groups in total. The second-order valence-corrected chi connectivity index (χ2v) is 6.64. The third kappa shape index (κ3) is 7.49. The zero-order valence-corrected chi connectivity index (χ0v) is 16.7. The number of likely N-dealkylation sites (tertiary alicyclic amines) is 1. The van der Waals surface area contributed by atoms with E-state index in [4.69, 9.17) is 14.5 Å². The van der Waals surface area contributed by atoms with Gasteiger partial charge in [-0.05, 0) is 51.7 Å². The van der Waals surface area contributed by atoms with E-state index in [2.05, 4.69) is 17.1 Å².